The van der Waals surface area contributed by atoms with E-state index in [2.05, 4.69) is 16.7 Å². The van der Waals surface area contributed by atoms with Crippen molar-refractivity contribution in [2.45, 2.75) is 45.4 Å². The largest absolute Gasteiger partial charge is 0.481 e. The lowest BCUT2D eigenvalue weighted by Gasteiger charge is -2.37. The molecule has 1 N–H and O–H groups in total. The van der Waals surface area contributed by atoms with E-state index < -0.39 is 5.97 Å². The Morgan fingerprint density at radius 3 is 2.60 bits per heavy atom. The number of carboxylic acids is 1. The summed E-state index contributed by atoms with van der Waals surface area (Å²) in [5, 5.41) is 8.71. The van der Waals surface area contributed by atoms with Crippen molar-refractivity contribution in [3.05, 3.63) is 0 Å². The fourth-order valence-corrected chi connectivity index (χ4v) is 3.57. The van der Waals surface area contributed by atoms with Gasteiger partial charge in [-0.1, -0.05) is 6.92 Å². The molecule has 2 aliphatic heterocycles. The average Bonchev–Trinajstić information content (AvgIpc) is 2.41. The molecule has 2 rings (SSSR count). The second-order valence-electron chi connectivity index (χ2n) is 6.79. The fraction of sp³-hybridized carbons (Fsp3) is 0.938. The first-order valence-corrected chi connectivity index (χ1v) is 8.30. The van der Waals surface area contributed by atoms with Crippen molar-refractivity contribution >= 4 is 5.97 Å². The summed E-state index contributed by atoms with van der Waals surface area (Å²) in [6, 6.07) is 0. The first kappa shape index (κ1) is 15.8. The van der Waals surface area contributed by atoms with E-state index in [-0.39, 0.29) is 0 Å². The van der Waals surface area contributed by atoms with Crippen molar-refractivity contribution < 1.29 is 9.90 Å². The lowest BCUT2D eigenvalue weighted by Crippen LogP contribution is -2.43. The number of hydrogen-bond acceptors (Lipinski definition) is 3. The zero-order chi connectivity index (χ0) is 14.4. The topological polar surface area (TPSA) is 43.8 Å². The number of piperidine rings is 2. The van der Waals surface area contributed by atoms with Gasteiger partial charge < -0.3 is 14.9 Å². The van der Waals surface area contributed by atoms with Gasteiger partial charge in [-0.25, -0.2) is 0 Å². The number of nitrogens with zero attached hydrogens (tertiary/aromatic N) is 2. The molecule has 2 fully saturated rings. The lowest BCUT2D eigenvalue weighted by molar-refractivity contribution is -0.137. The first-order valence-electron chi connectivity index (χ1n) is 8.30. The van der Waals surface area contributed by atoms with Gasteiger partial charge in [0.05, 0.1) is 0 Å². The third-order valence-corrected chi connectivity index (χ3v) is 4.86. The standard InChI is InChI=1S/C16H30N2O2/c1-14-6-10-18(11-7-14)13-15-4-2-8-17(12-15)9-3-5-16(19)20/h14-15H,2-13H2,1H3,(H,19,20)/t15-/m0/s1. The van der Waals surface area contributed by atoms with Gasteiger partial charge in [-0.05, 0) is 70.1 Å². The molecule has 0 unspecified atom stereocenters. The molecule has 0 saturated carbocycles. The Balaban J connectivity index is 1.66. The van der Waals surface area contributed by atoms with Gasteiger partial charge in [0, 0.05) is 19.5 Å². The Hall–Kier alpha value is -0.610. The highest BCUT2D eigenvalue weighted by molar-refractivity contribution is 5.66. The van der Waals surface area contributed by atoms with E-state index in [4.69, 9.17) is 5.11 Å². The van der Waals surface area contributed by atoms with Gasteiger partial charge in [-0.15, -0.1) is 0 Å². The summed E-state index contributed by atoms with van der Waals surface area (Å²) in [4.78, 5) is 15.7. The van der Waals surface area contributed by atoms with Crippen molar-refractivity contribution in [2.24, 2.45) is 11.8 Å². The van der Waals surface area contributed by atoms with Crippen molar-refractivity contribution in [3.8, 4) is 0 Å². The molecule has 0 spiro atoms. The van der Waals surface area contributed by atoms with Gasteiger partial charge in [-0.2, -0.15) is 0 Å². The summed E-state index contributed by atoms with van der Waals surface area (Å²) in [5.74, 6) is 1.04. The molecule has 2 heterocycles. The van der Waals surface area contributed by atoms with Crippen LogP contribution in [0.5, 0.6) is 0 Å². The Morgan fingerprint density at radius 1 is 1.15 bits per heavy atom. The van der Waals surface area contributed by atoms with Crippen LogP contribution in [0.4, 0.5) is 0 Å². The van der Waals surface area contributed by atoms with E-state index in [1.807, 2.05) is 0 Å². The van der Waals surface area contributed by atoms with E-state index in [0.29, 0.717) is 6.42 Å². The van der Waals surface area contributed by atoms with Crippen LogP contribution in [0.25, 0.3) is 0 Å². The predicted octanol–water partition coefficient (Wildman–Crippen LogP) is 2.30. The predicted molar refractivity (Wildman–Crippen MR) is 80.9 cm³/mol. The Kier molecular flexibility index (Phi) is 6.30. The second kappa shape index (κ2) is 7.99. The van der Waals surface area contributed by atoms with Crippen LogP contribution in [-0.2, 0) is 4.79 Å². The maximum atomic E-state index is 10.6. The van der Waals surface area contributed by atoms with Crippen molar-refractivity contribution in [2.75, 3.05) is 39.3 Å². The summed E-state index contributed by atoms with van der Waals surface area (Å²) in [6.45, 7) is 9.45. The minimum atomic E-state index is -0.666. The number of rotatable bonds is 6. The van der Waals surface area contributed by atoms with Crippen molar-refractivity contribution in [1.29, 1.82) is 0 Å². The van der Waals surface area contributed by atoms with Gasteiger partial charge >= 0.3 is 5.97 Å². The third-order valence-electron chi connectivity index (χ3n) is 4.86. The SMILES string of the molecule is CC1CCN(C[C@H]2CCCN(CCCC(=O)O)C2)CC1. The molecule has 2 aliphatic rings. The molecule has 1 atom stereocenters. The molecule has 0 aromatic rings. The van der Waals surface area contributed by atoms with Crippen LogP contribution in [0.15, 0.2) is 0 Å². The summed E-state index contributed by atoms with van der Waals surface area (Å²) in [6.07, 6.45) is 6.45. The number of hydrogen-bond donors (Lipinski definition) is 1. The Bertz CT molecular complexity index is 301. The summed E-state index contributed by atoms with van der Waals surface area (Å²) in [5.41, 5.74) is 0. The van der Waals surface area contributed by atoms with Crippen LogP contribution in [0.1, 0.15) is 45.4 Å². The summed E-state index contributed by atoms with van der Waals surface area (Å²) in [7, 11) is 0. The number of likely N-dealkylation sites (tertiary alicyclic amines) is 2. The maximum Gasteiger partial charge on any atom is 0.303 e. The molecule has 0 aromatic carbocycles. The van der Waals surface area contributed by atoms with E-state index in [0.717, 1.165) is 31.3 Å². The van der Waals surface area contributed by atoms with Crippen LogP contribution in [0.2, 0.25) is 0 Å². The average molecular weight is 282 g/mol. The van der Waals surface area contributed by atoms with E-state index in [9.17, 15) is 4.79 Å². The quantitative estimate of drug-likeness (QED) is 0.812. The van der Waals surface area contributed by atoms with Crippen molar-refractivity contribution in [1.82, 2.24) is 9.80 Å². The van der Waals surface area contributed by atoms with Crippen LogP contribution < -0.4 is 0 Å². The summed E-state index contributed by atoms with van der Waals surface area (Å²) < 4.78 is 0. The van der Waals surface area contributed by atoms with Crippen LogP contribution in [0, 0.1) is 11.8 Å². The van der Waals surface area contributed by atoms with Gasteiger partial charge in [0.2, 0.25) is 0 Å². The van der Waals surface area contributed by atoms with E-state index in [1.165, 1.54) is 51.9 Å². The van der Waals surface area contributed by atoms with Gasteiger partial charge in [-0.3, -0.25) is 4.79 Å². The zero-order valence-electron chi connectivity index (χ0n) is 12.9. The molecular formula is C16H30N2O2. The molecule has 116 valence electrons. The Labute approximate surface area is 123 Å². The monoisotopic (exact) mass is 282 g/mol. The molecule has 2 saturated heterocycles. The van der Waals surface area contributed by atoms with Crippen LogP contribution in [-0.4, -0.2) is 60.1 Å². The molecular weight excluding hydrogens is 252 g/mol. The van der Waals surface area contributed by atoms with E-state index >= 15 is 0 Å². The lowest BCUT2D eigenvalue weighted by atomic mass is 9.94. The number of carbonyl (C=O) groups is 1. The smallest absolute Gasteiger partial charge is 0.303 e. The molecule has 4 nitrogen and oxygen atoms in total. The van der Waals surface area contributed by atoms with Gasteiger partial charge in [0.15, 0.2) is 0 Å². The normalized spacial score (nSPS) is 26.8. The maximum absolute atomic E-state index is 10.6. The molecule has 0 amide bonds. The highest BCUT2D eigenvalue weighted by atomic mass is 16.4. The zero-order valence-corrected chi connectivity index (χ0v) is 12.9. The minimum absolute atomic E-state index is 0.311. The number of aliphatic carboxylic acids is 1. The number of carboxylic acid groups (broad SMARTS) is 1. The molecule has 0 radical (unpaired) electrons. The Morgan fingerprint density at radius 2 is 1.90 bits per heavy atom. The van der Waals surface area contributed by atoms with Gasteiger partial charge in [0.1, 0.15) is 0 Å². The minimum Gasteiger partial charge on any atom is -0.481 e. The first-order chi connectivity index (χ1) is 9.63. The third kappa shape index (κ3) is 5.41. The van der Waals surface area contributed by atoms with Crippen LogP contribution in [0.3, 0.4) is 0 Å². The molecule has 0 aliphatic carbocycles. The molecule has 4 heteroatoms. The molecule has 20 heavy (non-hydrogen) atoms. The molecule has 0 aromatic heterocycles. The van der Waals surface area contributed by atoms with Crippen molar-refractivity contribution in [3.63, 3.8) is 0 Å². The second-order valence-corrected chi connectivity index (χ2v) is 6.79. The highest BCUT2D eigenvalue weighted by Crippen LogP contribution is 2.21. The van der Waals surface area contributed by atoms with Gasteiger partial charge in [0.25, 0.3) is 0 Å². The molecule has 0 bridgehead atoms. The fourth-order valence-electron chi connectivity index (χ4n) is 3.57. The van der Waals surface area contributed by atoms with E-state index in [1.54, 1.807) is 0 Å². The van der Waals surface area contributed by atoms with Crippen LogP contribution >= 0.6 is 0 Å². The highest BCUT2D eigenvalue weighted by Gasteiger charge is 2.23. The summed E-state index contributed by atoms with van der Waals surface area (Å²) >= 11 is 0.